The molecular formula is C3H7O3S2-. The van der Waals surface area contributed by atoms with Crippen LogP contribution in [0.5, 0.6) is 0 Å². The lowest BCUT2D eigenvalue weighted by molar-refractivity contribution is 0.298. The second-order valence-electron chi connectivity index (χ2n) is 1.23. The molecule has 0 aliphatic rings. The van der Waals surface area contributed by atoms with Crippen molar-refractivity contribution in [2.75, 3.05) is 6.61 Å². The molecule has 0 rings (SSSR count). The molecule has 0 radical (unpaired) electrons. The molecule has 0 spiro atoms. The third kappa shape index (κ3) is 6.29. The molecule has 0 fully saturated rings. The van der Waals surface area contributed by atoms with E-state index in [0.29, 0.717) is 6.42 Å². The van der Waals surface area contributed by atoms with E-state index in [-0.39, 0.29) is 6.61 Å². The van der Waals surface area contributed by atoms with Gasteiger partial charge in [0.15, 0.2) is 0 Å². The first-order chi connectivity index (χ1) is 3.56. The van der Waals surface area contributed by atoms with Gasteiger partial charge >= 0.3 is 0 Å². The van der Waals surface area contributed by atoms with Gasteiger partial charge in [-0.1, -0.05) is 6.92 Å². The van der Waals surface area contributed by atoms with Crippen molar-refractivity contribution < 1.29 is 12.9 Å². The Labute approximate surface area is 53.7 Å². The minimum atomic E-state index is -3.60. The van der Waals surface area contributed by atoms with Crippen molar-refractivity contribution in [2.24, 2.45) is 0 Å². The van der Waals surface area contributed by atoms with Gasteiger partial charge in [-0.15, -0.1) is 0 Å². The molecule has 5 heteroatoms. The summed E-state index contributed by atoms with van der Waals surface area (Å²) >= 11 is 3.90. The van der Waals surface area contributed by atoms with Crippen molar-refractivity contribution in [2.45, 2.75) is 13.3 Å². The largest absolute Gasteiger partial charge is 0.748 e. The predicted octanol–water partition coefficient (Wildman–Crippen LogP) is 0.205. The first kappa shape index (κ1) is 8.29. The van der Waals surface area contributed by atoms with Gasteiger partial charge in [0, 0.05) is 0 Å². The molecule has 8 heavy (non-hydrogen) atoms. The molecule has 1 atom stereocenters. The zero-order chi connectivity index (χ0) is 6.62. The van der Waals surface area contributed by atoms with Crippen LogP contribution in [-0.2, 0) is 24.4 Å². The fraction of sp³-hybridized carbons (Fsp3) is 1.00. The average Bonchev–Trinajstić information content (AvgIpc) is 1.59. The van der Waals surface area contributed by atoms with Crippen LogP contribution in [-0.4, -0.2) is 15.4 Å². The van der Waals surface area contributed by atoms with Gasteiger partial charge in [-0.3, -0.25) is 4.18 Å². The van der Waals surface area contributed by atoms with Crippen LogP contribution in [0.4, 0.5) is 0 Å². The molecule has 0 heterocycles. The van der Waals surface area contributed by atoms with Crippen LogP contribution in [0.15, 0.2) is 0 Å². The van der Waals surface area contributed by atoms with Crippen molar-refractivity contribution in [3.63, 3.8) is 0 Å². The van der Waals surface area contributed by atoms with Gasteiger partial charge in [0.05, 0.1) is 15.7 Å². The molecule has 0 aliphatic heterocycles. The van der Waals surface area contributed by atoms with Crippen molar-refractivity contribution in [1.82, 2.24) is 0 Å². The van der Waals surface area contributed by atoms with E-state index in [1.807, 2.05) is 0 Å². The first-order valence-electron chi connectivity index (χ1n) is 2.16. The van der Waals surface area contributed by atoms with Crippen LogP contribution in [0.25, 0.3) is 0 Å². The summed E-state index contributed by atoms with van der Waals surface area (Å²) in [4.78, 5) is 0. The topological polar surface area (TPSA) is 49.4 Å². The quantitative estimate of drug-likeness (QED) is 0.584. The molecule has 0 saturated heterocycles. The summed E-state index contributed by atoms with van der Waals surface area (Å²) in [5.41, 5.74) is 0. The number of hydrogen-bond donors (Lipinski definition) is 0. The van der Waals surface area contributed by atoms with Crippen LogP contribution < -0.4 is 0 Å². The molecule has 0 bridgehead atoms. The van der Waals surface area contributed by atoms with Gasteiger partial charge in [0.1, 0.15) is 0 Å². The van der Waals surface area contributed by atoms with Crippen LogP contribution in [0, 0.1) is 0 Å². The fourth-order valence-electron chi connectivity index (χ4n) is 0.185. The fourth-order valence-corrected chi connectivity index (χ4v) is 0.760. The van der Waals surface area contributed by atoms with Gasteiger partial charge in [0.25, 0.3) is 0 Å². The normalized spacial score (nSPS) is 17.8. The van der Waals surface area contributed by atoms with Gasteiger partial charge in [-0.05, 0) is 17.6 Å². The maximum atomic E-state index is 9.98. The summed E-state index contributed by atoms with van der Waals surface area (Å²) in [5, 5.41) is 0. The van der Waals surface area contributed by atoms with Crippen LogP contribution in [0.3, 0.4) is 0 Å². The second-order valence-corrected chi connectivity index (χ2v) is 3.51. The zero-order valence-corrected chi connectivity index (χ0v) is 6.09. The second kappa shape index (κ2) is 3.34. The van der Waals surface area contributed by atoms with E-state index in [2.05, 4.69) is 15.4 Å². The number of rotatable bonds is 3. The standard InChI is InChI=1S/C3H8O3S2/c1-2-3-6-8(4,5)7/h2-3H2,1H3,(H,4,5,7)/p-1. The lowest BCUT2D eigenvalue weighted by Crippen LogP contribution is -2.02. The summed E-state index contributed by atoms with van der Waals surface area (Å²) in [6, 6.07) is 0. The van der Waals surface area contributed by atoms with E-state index < -0.39 is 9.05 Å². The highest BCUT2D eigenvalue weighted by atomic mass is 32.9. The third-order valence-electron chi connectivity index (χ3n) is 0.432. The Balaban J connectivity index is 3.42. The van der Waals surface area contributed by atoms with Crippen LogP contribution in [0.1, 0.15) is 13.3 Å². The van der Waals surface area contributed by atoms with Crippen molar-refractivity contribution in [3.05, 3.63) is 0 Å². The molecule has 0 saturated carbocycles. The van der Waals surface area contributed by atoms with Gasteiger partial charge in [-0.25, -0.2) is 4.21 Å². The molecule has 0 amide bonds. The Bertz CT molecular complexity index is 137. The summed E-state index contributed by atoms with van der Waals surface area (Å²) in [7, 11) is -3.60. The predicted molar refractivity (Wildman–Crippen MR) is 32.5 cm³/mol. The summed E-state index contributed by atoms with van der Waals surface area (Å²) in [5.74, 6) is 0. The molecular weight excluding hydrogens is 148 g/mol. The highest BCUT2D eigenvalue weighted by Crippen LogP contribution is 1.87. The Morgan fingerprint density at radius 3 is 2.50 bits per heavy atom. The van der Waals surface area contributed by atoms with E-state index in [0.717, 1.165) is 0 Å². The van der Waals surface area contributed by atoms with Crippen LogP contribution >= 0.6 is 0 Å². The van der Waals surface area contributed by atoms with Crippen molar-refractivity contribution in [3.8, 4) is 0 Å². The average molecular weight is 155 g/mol. The molecule has 0 aromatic heterocycles. The van der Waals surface area contributed by atoms with Gasteiger partial charge in [-0.2, -0.15) is 0 Å². The van der Waals surface area contributed by atoms with Crippen LogP contribution in [0.2, 0.25) is 0 Å². The van der Waals surface area contributed by atoms with Gasteiger partial charge in [0.2, 0.25) is 0 Å². The third-order valence-corrected chi connectivity index (χ3v) is 1.18. The van der Waals surface area contributed by atoms with E-state index in [9.17, 15) is 8.76 Å². The molecule has 3 nitrogen and oxygen atoms in total. The highest BCUT2D eigenvalue weighted by molar-refractivity contribution is 8.26. The van der Waals surface area contributed by atoms with Crippen molar-refractivity contribution in [1.29, 1.82) is 0 Å². The minimum absolute atomic E-state index is 0.186. The van der Waals surface area contributed by atoms with E-state index in [4.69, 9.17) is 0 Å². The molecule has 50 valence electrons. The molecule has 0 N–H and O–H groups in total. The molecule has 0 aromatic carbocycles. The smallest absolute Gasteiger partial charge is 0.0844 e. The van der Waals surface area contributed by atoms with E-state index in [1.54, 1.807) is 6.92 Å². The lowest BCUT2D eigenvalue weighted by atomic mass is 10.5. The minimum Gasteiger partial charge on any atom is -0.748 e. The number of hydrogen-bond acceptors (Lipinski definition) is 4. The zero-order valence-electron chi connectivity index (χ0n) is 4.46. The Morgan fingerprint density at radius 1 is 1.88 bits per heavy atom. The Hall–Kier alpha value is 0.290. The van der Waals surface area contributed by atoms with Gasteiger partial charge < -0.3 is 4.55 Å². The SMILES string of the molecule is CCCOS(=O)([O-])=S. The monoisotopic (exact) mass is 155 g/mol. The van der Waals surface area contributed by atoms with E-state index in [1.165, 1.54) is 0 Å². The molecule has 0 aromatic rings. The lowest BCUT2D eigenvalue weighted by Gasteiger charge is -2.08. The Kier molecular flexibility index (Phi) is 3.46. The van der Waals surface area contributed by atoms with E-state index >= 15 is 0 Å². The summed E-state index contributed by atoms with van der Waals surface area (Å²) in [6.45, 7) is 1.99. The maximum Gasteiger partial charge on any atom is 0.0844 e. The molecule has 1 unspecified atom stereocenters. The maximum absolute atomic E-state index is 9.98. The highest BCUT2D eigenvalue weighted by Gasteiger charge is 1.84. The Morgan fingerprint density at radius 2 is 2.38 bits per heavy atom. The van der Waals surface area contributed by atoms with Crippen molar-refractivity contribution >= 4 is 20.2 Å². The summed E-state index contributed by atoms with van der Waals surface area (Å²) in [6.07, 6.45) is 0.663. The summed E-state index contributed by atoms with van der Waals surface area (Å²) < 4.78 is 24.1. The first-order valence-corrected chi connectivity index (χ1v) is 4.50. The molecule has 0 aliphatic carbocycles.